The number of benzene rings is 1. The zero-order valence-electron chi connectivity index (χ0n) is 8.63. The summed E-state index contributed by atoms with van der Waals surface area (Å²) in [7, 11) is 1.00. The monoisotopic (exact) mass is 231 g/mol. The Morgan fingerprint density at radius 3 is 2.33 bits per heavy atom. The summed E-state index contributed by atoms with van der Waals surface area (Å²) in [4.78, 5) is 0. The van der Waals surface area contributed by atoms with Crippen LogP contribution in [0.2, 0.25) is 0 Å². The zero-order valence-corrected chi connectivity index (χ0v) is 9.39. The van der Waals surface area contributed by atoms with Crippen LogP contribution in [0.5, 0.6) is 0 Å². The third-order valence-electron chi connectivity index (χ3n) is 1.75. The molecule has 0 aromatic heterocycles. The summed E-state index contributed by atoms with van der Waals surface area (Å²) in [6.07, 6.45) is 1.44. The number of hydrogen-bond acceptors (Lipinski definition) is 2. The largest absolute Gasteiger partial charge is 0.400 e. The lowest BCUT2D eigenvalue weighted by Gasteiger charge is -2.01. The highest BCUT2D eigenvalue weighted by molar-refractivity contribution is 6.18. The van der Waals surface area contributed by atoms with Gasteiger partial charge in [0.25, 0.3) is 0 Å². The van der Waals surface area contributed by atoms with Gasteiger partial charge in [-0.15, -0.1) is 11.6 Å². The Morgan fingerprint density at radius 2 is 1.87 bits per heavy atom. The molecular formula is C11H15ClFNO. The van der Waals surface area contributed by atoms with Crippen LogP contribution in [0.15, 0.2) is 24.3 Å². The lowest BCUT2D eigenvalue weighted by atomic mass is 10.1. The van der Waals surface area contributed by atoms with Crippen molar-refractivity contribution in [3.05, 3.63) is 35.6 Å². The Kier molecular flexibility index (Phi) is 7.86. The molecule has 0 aliphatic carbocycles. The van der Waals surface area contributed by atoms with E-state index in [4.69, 9.17) is 22.1 Å². The quantitative estimate of drug-likeness (QED) is 0.608. The highest BCUT2D eigenvalue weighted by atomic mass is 35.5. The van der Waals surface area contributed by atoms with Crippen LogP contribution in [-0.4, -0.2) is 23.8 Å². The Hall–Kier alpha value is -0.930. The van der Waals surface area contributed by atoms with Crippen molar-refractivity contribution in [1.29, 1.82) is 5.41 Å². The van der Waals surface area contributed by atoms with Crippen LogP contribution in [0.25, 0.3) is 0 Å². The molecule has 0 bridgehead atoms. The van der Waals surface area contributed by atoms with Crippen molar-refractivity contribution in [1.82, 2.24) is 0 Å². The third kappa shape index (κ3) is 5.50. The van der Waals surface area contributed by atoms with Crippen molar-refractivity contribution < 1.29 is 9.50 Å². The van der Waals surface area contributed by atoms with Crippen molar-refractivity contribution in [2.45, 2.75) is 12.8 Å². The van der Waals surface area contributed by atoms with Gasteiger partial charge >= 0.3 is 0 Å². The first-order chi connectivity index (χ1) is 7.24. The van der Waals surface area contributed by atoms with Gasteiger partial charge in [0.2, 0.25) is 0 Å². The van der Waals surface area contributed by atoms with Crippen LogP contribution < -0.4 is 0 Å². The molecule has 15 heavy (non-hydrogen) atoms. The first-order valence-corrected chi connectivity index (χ1v) is 5.11. The van der Waals surface area contributed by atoms with Gasteiger partial charge in [-0.2, -0.15) is 0 Å². The maximum Gasteiger partial charge on any atom is 0.123 e. The summed E-state index contributed by atoms with van der Waals surface area (Å²) in [5.41, 5.74) is 1.28. The highest BCUT2D eigenvalue weighted by Crippen LogP contribution is 2.07. The molecule has 0 atom stereocenters. The minimum absolute atomic E-state index is 0.270. The molecule has 0 aliphatic heterocycles. The maximum atomic E-state index is 12.5. The van der Waals surface area contributed by atoms with E-state index >= 15 is 0 Å². The lowest BCUT2D eigenvalue weighted by Crippen LogP contribution is -1.99. The zero-order chi connectivity index (χ0) is 11.7. The summed E-state index contributed by atoms with van der Waals surface area (Å²) in [5.74, 6) is 0.290. The molecule has 1 aromatic rings. The van der Waals surface area contributed by atoms with Gasteiger partial charge in [0, 0.05) is 18.7 Å². The van der Waals surface area contributed by atoms with Gasteiger partial charge in [-0.1, -0.05) is 12.1 Å². The molecule has 2 N–H and O–H groups in total. The SMILES string of the molecule is CO.N=C(CCCCl)c1ccc(F)cc1. The maximum absolute atomic E-state index is 12.5. The Labute approximate surface area is 94.2 Å². The molecule has 0 saturated heterocycles. The van der Waals surface area contributed by atoms with E-state index in [9.17, 15) is 4.39 Å². The second kappa shape index (κ2) is 8.38. The average molecular weight is 232 g/mol. The first-order valence-electron chi connectivity index (χ1n) is 4.58. The van der Waals surface area contributed by atoms with E-state index in [0.717, 1.165) is 19.1 Å². The van der Waals surface area contributed by atoms with E-state index in [1.807, 2.05) is 0 Å². The first kappa shape index (κ1) is 14.1. The number of hydrogen-bond donors (Lipinski definition) is 2. The van der Waals surface area contributed by atoms with E-state index in [-0.39, 0.29) is 5.82 Å². The Balaban J connectivity index is 0.000000921. The van der Waals surface area contributed by atoms with E-state index in [0.29, 0.717) is 18.0 Å². The molecule has 0 spiro atoms. The van der Waals surface area contributed by atoms with Gasteiger partial charge in [0.05, 0.1) is 0 Å². The minimum Gasteiger partial charge on any atom is -0.400 e. The topological polar surface area (TPSA) is 44.1 Å². The van der Waals surface area contributed by atoms with Gasteiger partial charge in [-0.3, -0.25) is 0 Å². The Morgan fingerprint density at radius 1 is 1.33 bits per heavy atom. The normalized spacial score (nSPS) is 9.07. The number of alkyl halides is 1. The van der Waals surface area contributed by atoms with Crippen molar-refractivity contribution in [3.63, 3.8) is 0 Å². The van der Waals surface area contributed by atoms with Crippen LogP contribution in [0.3, 0.4) is 0 Å². The van der Waals surface area contributed by atoms with Crippen molar-refractivity contribution in [3.8, 4) is 0 Å². The second-order valence-electron chi connectivity index (χ2n) is 2.78. The van der Waals surface area contributed by atoms with Crippen LogP contribution in [0.1, 0.15) is 18.4 Å². The van der Waals surface area contributed by atoms with Crippen LogP contribution in [-0.2, 0) is 0 Å². The van der Waals surface area contributed by atoms with Crippen LogP contribution in [0.4, 0.5) is 4.39 Å². The molecule has 1 aromatic carbocycles. The number of aliphatic hydroxyl groups is 1. The number of halogens is 2. The molecule has 0 heterocycles. The number of rotatable bonds is 4. The molecule has 0 aliphatic rings. The average Bonchev–Trinajstić information content (AvgIpc) is 2.29. The second-order valence-corrected chi connectivity index (χ2v) is 3.16. The standard InChI is InChI=1S/C10H11ClFN.CH4O/c11-7-1-2-10(13)8-3-5-9(12)6-4-8;1-2/h3-6,13H,1-2,7H2;2H,1H3. The minimum atomic E-state index is -0.270. The summed E-state index contributed by atoms with van der Waals surface area (Å²) in [5, 5.41) is 14.6. The Bertz CT molecular complexity index is 287. The lowest BCUT2D eigenvalue weighted by molar-refractivity contribution is 0.399. The number of nitrogens with one attached hydrogen (secondary N) is 1. The fourth-order valence-corrected chi connectivity index (χ4v) is 1.17. The smallest absolute Gasteiger partial charge is 0.123 e. The predicted octanol–water partition coefficient (Wildman–Crippen LogP) is 2.82. The van der Waals surface area contributed by atoms with Crippen LogP contribution >= 0.6 is 11.6 Å². The molecule has 4 heteroatoms. The van der Waals surface area contributed by atoms with Gasteiger partial charge in [0.1, 0.15) is 5.82 Å². The van der Waals surface area contributed by atoms with Crippen LogP contribution in [0, 0.1) is 11.2 Å². The van der Waals surface area contributed by atoms with Gasteiger partial charge in [0.15, 0.2) is 0 Å². The van der Waals surface area contributed by atoms with Gasteiger partial charge in [-0.05, 0) is 30.5 Å². The van der Waals surface area contributed by atoms with Crippen molar-refractivity contribution in [2.75, 3.05) is 13.0 Å². The molecule has 0 saturated carbocycles. The summed E-state index contributed by atoms with van der Waals surface area (Å²) >= 11 is 5.50. The molecule has 2 nitrogen and oxygen atoms in total. The van der Waals surface area contributed by atoms with Gasteiger partial charge < -0.3 is 10.5 Å². The van der Waals surface area contributed by atoms with E-state index < -0.39 is 0 Å². The fourth-order valence-electron chi connectivity index (χ4n) is 1.04. The number of aliphatic hydroxyl groups excluding tert-OH is 1. The van der Waals surface area contributed by atoms with E-state index in [1.54, 1.807) is 12.1 Å². The molecule has 84 valence electrons. The van der Waals surface area contributed by atoms with Gasteiger partial charge in [-0.25, -0.2) is 4.39 Å². The molecule has 1 rings (SSSR count). The fraction of sp³-hybridized carbons (Fsp3) is 0.364. The van der Waals surface area contributed by atoms with E-state index in [2.05, 4.69) is 0 Å². The van der Waals surface area contributed by atoms with E-state index in [1.165, 1.54) is 12.1 Å². The third-order valence-corrected chi connectivity index (χ3v) is 2.02. The molecule has 0 unspecified atom stereocenters. The predicted molar refractivity (Wildman–Crippen MR) is 61.3 cm³/mol. The molecule has 0 radical (unpaired) electrons. The summed E-state index contributed by atoms with van der Waals surface area (Å²) < 4.78 is 12.5. The molecule has 0 amide bonds. The molecular weight excluding hydrogens is 217 g/mol. The molecule has 0 fully saturated rings. The summed E-state index contributed by atoms with van der Waals surface area (Å²) in [6.45, 7) is 0. The van der Waals surface area contributed by atoms with Crippen molar-refractivity contribution in [2.24, 2.45) is 0 Å². The van der Waals surface area contributed by atoms with Crippen molar-refractivity contribution >= 4 is 17.3 Å². The summed E-state index contributed by atoms with van der Waals surface area (Å²) in [6, 6.07) is 5.97. The highest BCUT2D eigenvalue weighted by Gasteiger charge is 2.00.